The van der Waals surface area contributed by atoms with Crippen LogP contribution in [0.5, 0.6) is 0 Å². The van der Waals surface area contributed by atoms with Crippen molar-refractivity contribution in [2.24, 2.45) is 11.7 Å². The number of carboxylic acids is 2. The molecular weight excluding hydrogens is 404 g/mol. The standard InChI is InChI=1S/C17H30N4O7S/c1-8(2)13(21-14(24)10(18)7-12(22)23)16(26)20-11(5-6-29-4)15(25)19-9(3)17(27)28/h8-11,13H,5-7,18H2,1-4H3,(H,19,25)(H,20,26)(H,21,24)(H,22,23)(H,27,28). The normalized spacial score (nSPS) is 15.0. The number of rotatable bonds is 13. The highest BCUT2D eigenvalue weighted by Gasteiger charge is 2.31. The summed E-state index contributed by atoms with van der Waals surface area (Å²) in [4.78, 5) is 58.8. The SMILES string of the molecule is CSCCC(NC(=O)C(NC(=O)C(N)CC(=O)O)C(C)C)C(=O)NC(C)C(=O)O. The molecule has 3 amide bonds. The number of nitrogens with one attached hydrogen (secondary N) is 3. The molecule has 0 aromatic rings. The molecule has 0 aliphatic heterocycles. The number of aliphatic carboxylic acids is 2. The Bertz CT molecular complexity index is 615. The van der Waals surface area contributed by atoms with E-state index in [2.05, 4.69) is 16.0 Å². The molecule has 0 radical (unpaired) electrons. The van der Waals surface area contributed by atoms with Crippen LogP contribution in [0.15, 0.2) is 0 Å². The number of hydrogen-bond acceptors (Lipinski definition) is 7. The van der Waals surface area contributed by atoms with Crippen LogP contribution >= 0.6 is 11.8 Å². The van der Waals surface area contributed by atoms with Gasteiger partial charge in [0, 0.05) is 0 Å². The highest BCUT2D eigenvalue weighted by molar-refractivity contribution is 7.98. The molecule has 7 N–H and O–H groups in total. The van der Waals surface area contributed by atoms with Crippen LogP contribution in [0.1, 0.15) is 33.6 Å². The Morgan fingerprint density at radius 1 is 0.931 bits per heavy atom. The Balaban J connectivity index is 5.23. The van der Waals surface area contributed by atoms with E-state index < -0.39 is 60.2 Å². The van der Waals surface area contributed by atoms with Crippen molar-refractivity contribution in [2.75, 3.05) is 12.0 Å². The zero-order valence-electron chi connectivity index (χ0n) is 16.9. The minimum absolute atomic E-state index is 0.252. The summed E-state index contributed by atoms with van der Waals surface area (Å²) < 4.78 is 0. The molecule has 0 aliphatic rings. The van der Waals surface area contributed by atoms with Gasteiger partial charge in [0.15, 0.2) is 0 Å². The molecule has 0 saturated heterocycles. The van der Waals surface area contributed by atoms with Crippen molar-refractivity contribution in [1.82, 2.24) is 16.0 Å². The summed E-state index contributed by atoms with van der Waals surface area (Å²) in [6, 6.07) is -4.51. The van der Waals surface area contributed by atoms with Gasteiger partial charge >= 0.3 is 11.9 Å². The van der Waals surface area contributed by atoms with Crippen molar-refractivity contribution < 1.29 is 34.2 Å². The molecule has 4 atom stereocenters. The van der Waals surface area contributed by atoms with Crippen LogP contribution in [0.25, 0.3) is 0 Å². The molecule has 0 saturated carbocycles. The largest absolute Gasteiger partial charge is 0.481 e. The maximum atomic E-state index is 12.7. The van der Waals surface area contributed by atoms with Crippen molar-refractivity contribution in [1.29, 1.82) is 0 Å². The summed E-state index contributed by atoms with van der Waals surface area (Å²) in [5.74, 6) is -4.42. The van der Waals surface area contributed by atoms with E-state index >= 15 is 0 Å². The van der Waals surface area contributed by atoms with E-state index in [1.807, 2.05) is 6.26 Å². The van der Waals surface area contributed by atoms with Crippen LogP contribution in [-0.2, 0) is 24.0 Å². The Morgan fingerprint density at radius 2 is 1.52 bits per heavy atom. The van der Waals surface area contributed by atoms with E-state index in [-0.39, 0.29) is 12.3 Å². The quantitative estimate of drug-likeness (QED) is 0.206. The molecule has 0 aromatic carbocycles. The summed E-state index contributed by atoms with van der Waals surface area (Å²) in [5.41, 5.74) is 5.52. The summed E-state index contributed by atoms with van der Waals surface area (Å²) in [6.07, 6.45) is 1.48. The van der Waals surface area contributed by atoms with E-state index in [9.17, 15) is 24.0 Å². The topological polar surface area (TPSA) is 188 Å². The molecule has 0 heterocycles. The summed E-state index contributed by atoms with van der Waals surface area (Å²) in [5, 5.41) is 24.9. The minimum Gasteiger partial charge on any atom is -0.481 e. The lowest BCUT2D eigenvalue weighted by molar-refractivity contribution is -0.141. The third-order valence-corrected chi connectivity index (χ3v) is 4.59. The van der Waals surface area contributed by atoms with Gasteiger partial charge < -0.3 is 31.9 Å². The average Bonchev–Trinajstić information content (AvgIpc) is 2.61. The van der Waals surface area contributed by atoms with Gasteiger partial charge in [-0.3, -0.25) is 24.0 Å². The number of carbonyl (C=O) groups excluding carboxylic acids is 3. The lowest BCUT2D eigenvalue weighted by atomic mass is 10.0. The molecule has 0 bridgehead atoms. The van der Waals surface area contributed by atoms with Gasteiger partial charge in [-0.2, -0.15) is 11.8 Å². The first-order chi connectivity index (χ1) is 13.4. The fourth-order valence-corrected chi connectivity index (χ4v) is 2.69. The van der Waals surface area contributed by atoms with Gasteiger partial charge in [-0.25, -0.2) is 0 Å². The summed E-state index contributed by atoms with van der Waals surface area (Å²) in [7, 11) is 0. The van der Waals surface area contributed by atoms with Crippen molar-refractivity contribution >= 4 is 41.4 Å². The van der Waals surface area contributed by atoms with Gasteiger partial charge in [0.25, 0.3) is 0 Å². The van der Waals surface area contributed by atoms with E-state index in [1.54, 1.807) is 13.8 Å². The first kappa shape index (κ1) is 26.7. The van der Waals surface area contributed by atoms with Crippen LogP contribution in [0, 0.1) is 5.92 Å². The maximum absolute atomic E-state index is 12.7. The number of nitrogens with two attached hydrogens (primary N) is 1. The van der Waals surface area contributed by atoms with Gasteiger partial charge in [0.2, 0.25) is 17.7 Å². The second kappa shape index (κ2) is 13.0. The predicted molar refractivity (Wildman–Crippen MR) is 107 cm³/mol. The van der Waals surface area contributed by atoms with Crippen LogP contribution in [0.3, 0.4) is 0 Å². The highest BCUT2D eigenvalue weighted by atomic mass is 32.2. The third kappa shape index (κ3) is 10.1. The molecule has 0 rings (SSSR count). The molecule has 0 spiro atoms. The first-order valence-electron chi connectivity index (χ1n) is 9.00. The smallest absolute Gasteiger partial charge is 0.325 e. The van der Waals surface area contributed by atoms with Gasteiger partial charge in [0.05, 0.1) is 12.5 Å². The first-order valence-corrected chi connectivity index (χ1v) is 10.4. The fraction of sp³-hybridized carbons (Fsp3) is 0.706. The van der Waals surface area contributed by atoms with Crippen molar-refractivity contribution in [3.8, 4) is 0 Å². The molecule has 12 heteroatoms. The van der Waals surface area contributed by atoms with Crippen molar-refractivity contribution in [2.45, 2.75) is 57.8 Å². The number of hydrogen-bond donors (Lipinski definition) is 6. The highest BCUT2D eigenvalue weighted by Crippen LogP contribution is 2.07. The molecule has 0 fully saturated rings. The Kier molecular flexibility index (Phi) is 11.9. The molecule has 0 aromatic heterocycles. The fourth-order valence-electron chi connectivity index (χ4n) is 2.22. The second-order valence-corrected chi connectivity index (χ2v) is 7.83. The average molecular weight is 435 g/mol. The van der Waals surface area contributed by atoms with E-state index in [0.29, 0.717) is 5.75 Å². The van der Waals surface area contributed by atoms with E-state index in [0.717, 1.165) is 0 Å². The van der Waals surface area contributed by atoms with Gasteiger partial charge in [-0.15, -0.1) is 0 Å². The molecule has 11 nitrogen and oxygen atoms in total. The predicted octanol–water partition coefficient (Wildman–Crippen LogP) is -1.24. The van der Waals surface area contributed by atoms with Crippen molar-refractivity contribution in [3.63, 3.8) is 0 Å². The monoisotopic (exact) mass is 434 g/mol. The van der Waals surface area contributed by atoms with Gasteiger partial charge in [-0.1, -0.05) is 13.8 Å². The molecular formula is C17H30N4O7S. The minimum atomic E-state index is -1.33. The lowest BCUT2D eigenvalue weighted by Gasteiger charge is -2.26. The summed E-state index contributed by atoms with van der Waals surface area (Å²) >= 11 is 1.45. The van der Waals surface area contributed by atoms with E-state index in [1.165, 1.54) is 18.7 Å². The number of carbonyl (C=O) groups is 5. The second-order valence-electron chi connectivity index (χ2n) is 6.85. The Hall–Kier alpha value is -2.34. The Labute approximate surface area is 173 Å². The van der Waals surface area contributed by atoms with Crippen LogP contribution < -0.4 is 21.7 Å². The number of thioether (sulfide) groups is 1. The van der Waals surface area contributed by atoms with E-state index in [4.69, 9.17) is 15.9 Å². The van der Waals surface area contributed by atoms with Gasteiger partial charge in [0.1, 0.15) is 18.1 Å². The lowest BCUT2D eigenvalue weighted by Crippen LogP contribution is -2.58. The Morgan fingerprint density at radius 3 is 1.97 bits per heavy atom. The van der Waals surface area contributed by atoms with Crippen LogP contribution in [0.4, 0.5) is 0 Å². The van der Waals surface area contributed by atoms with Gasteiger partial charge in [-0.05, 0) is 31.3 Å². The third-order valence-electron chi connectivity index (χ3n) is 3.95. The van der Waals surface area contributed by atoms with Crippen molar-refractivity contribution in [3.05, 3.63) is 0 Å². The molecule has 166 valence electrons. The van der Waals surface area contributed by atoms with Crippen LogP contribution in [-0.4, -0.2) is 76.0 Å². The number of amides is 3. The summed E-state index contributed by atoms with van der Waals surface area (Å²) in [6.45, 7) is 4.63. The molecule has 29 heavy (non-hydrogen) atoms. The number of carboxylic acid groups (broad SMARTS) is 2. The zero-order chi connectivity index (χ0) is 22.7. The van der Waals surface area contributed by atoms with Crippen LogP contribution in [0.2, 0.25) is 0 Å². The zero-order valence-corrected chi connectivity index (χ0v) is 17.7. The maximum Gasteiger partial charge on any atom is 0.325 e. The molecule has 0 aliphatic carbocycles. The molecule has 4 unspecified atom stereocenters.